The van der Waals surface area contributed by atoms with E-state index in [-0.39, 0.29) is 0 Å². The smallest absolute Gasteiger partial charge is 0.337 e. The Morgan fingerprint density at radius 1 is 0.605 bits per heavy atom. The van der Waals surface area contributed by atoms with Crippen LogP contribution in [0.25, 0.3) is 0 Å². The summed E-state index contributed by atoms with van der Waals surface area (Å²) in [6.07, 6.45) is -17.8. The summed E-state index contributed by atoms with van der Waals surface area (Å²) in [5, 5.41) is 53.8. The Kier molecular flexibility index (Phi) is 11.4. The molecule has 3 saturated heterocycles. The quantitative estimate of drug-likeness (QED) is 0.204. The summed E-state index contributed by atoms with van der Waals surface area (Å²) in [7, 11) is 3.94. The average Bonchev–Trinajstić information content (AvgIpc) is 2.99. The molecule has 5 N–H and O–H groups in total. The number of carbonyl (C=O) groups excluding carboxylic acids is 1. The van der Waals surface area contributed by atoms with E-state index in [9.17, 15) is 30.3 Å². The molecule has 0 saturated carbocycles. The van der Waals surface area contributed by atoms with Gasteiger partial charge in [0, 0.05) is 14.2 Å². The van der Waals surface area contributed by atoms with Crippen LogP contribution in [0.5, 0.6) is 5.75 Å². The first-order valence-electron chi connectivity index (χ1n) is 14.0. The lowest BCUT2D eigenvalue weighted by Crippen LogP contribution is -2.66. The minimum Gasteiger partial charge on any atom is -0.465 e. The molecule has 0 unspecified atom stereocenters. The van der Waals surface area contributed by atoms with Gasteiger partial charge >= 0.3 is 5.97 Å². The van der Waals surface area contributed by atoms with Gasteiger partial charge in [-0.25, -0.2) is 4.79 Å². The van der Waals surface area contributed by atoms with Crippen molar-refractivity contribution in [1.82, 2.24) is 0 Å². The summed E-state index contributed by atoms with van der Waals surface area (Å²) < 4.78 is 50.9. The number of aliphatic hydroxyl groups excluding tert-OH is 5. The van der Waals surface area contributed by atoms with E-state index in [2.05, 4.69) is 0 Å². The van der Waals surface area contributed by atoms with Crippen molar-refractivity contribution in [1.29, 1.82) is 0 Å². The number of benzene rings is 1. The normalized spacial score (nSPS) is 43.7. The van der Waals surface area contributed by atoms with E-state index in [1.165, 1.54) is 40.4 Å². The lowest BCUT2D eigenvalue weighted by molar-refractivity contribution is -0.374. The van der Waals surface area contributed by atoms with Crippen LogP contribution in [0.2, 0.25) is 0 Å². The lowest BCUT2D eigenvalue weighted by atomic mass is 9.96. The van der Waals surface area contributed by atoms with Gasteiger partial charge in [0.15, 0.2) is 12.6 Å². The number of hydrogen-bond donors (Lipinski definition) is 5. The van der Waals surface area contributed by atoms with Gasteiger partial charge in [-0.15, -0.1) is 0 Å². The van der Waals surface area contributed by atoms with E-state index < -0.39 is 98.1 Å². The van der Waals surface area contributed by atoms with Crippen molar-refractivity contribution in [3.05, 3.63) is 29.8 Å². The van der Waals surface area contributed by atoms with Gasteiger partial charge in [-0.2, -0.15) is 0 Å². The summed E-state index contributed by atoms with van der Waals surface area (Å²) in [5.41, 5.74) is 0.319. The molecule has 0 radical (unpaired) electrons. The molecular weight excluding hydrogens is 576 g/mol. The maximum absolute atomic E-state index is 11.8. The van der Waals surface area contributed by atoms with Gasteiger partial charge in [0.2, 0.25) is 6.29 Å². The molecule has 0 bridgehead atoms. The van der Waals surface area contributed by atoms with E-state index in [1.54, 1.807) is 26.0 Å². The molecule has 0 amide bonds. The van der Waals surface area contributed by atoms with Crippen LogP contribution in [0.4, 0.5) is 0 Å². The first-order valence-corrected chi connectivity index (χ1v) is 14.0. The zero-order valence-corrected chi connectivity index (χ0v) is 24.8. The molecule has 0 spiro atoms. The van der Waals surface area contributed by atoms with Gasteiger partial charge in [-0.3, -0.25) is 0 Å². The number of hydrogen-bond acceptors (Lipinski definition) is 15. The fourth-order valence-electron chi connectivity index (χ4n) is 5.35. The largest absolute Gasteiger partial charge is 0.465 e. The molecule has 244 valence electrons. The Balaban J connectivity index is 1.50. The van der Waals surface area contributed by atoms with Crippen molar-refractivity contribution in [2.45, 2.75) is 113 Å². The summed E-state index contributed by atoms with van der Waals surface area (Å²) >= 11 is 0. The second kappa shape index (κ2) is 14.4. The molecular formula is C28H42O15. The van der Waals surface area contributed by atoms with Crippen molar-refractivity contribution in [3.63, 3.8) is 0 Å². The molecule has 1 aromatic carbocycles. The van der Waals surface area contributed by atoms with Crippen LogP contribution in [-0.2, 0) is 37.9 Å². The zero-order chi connectivity index (χ0) is 31.6. The van der Waals surface area contributed by atoms with E-state index in [4.69, 9.17) is 42.6 Å². The fraction of sp³-hybridized carbons (Fsp3) is 0.750. The van der Waals surface area contributed by atoms with Gasteiger partial charge in [0.25, 0.3) is 0 Å². The minimum atomic E-state index is -1.61. The molecule has 0 aliphatic carbocycles. The van der Waals surface area contributed by atoms with E-state index in [0.717, 1.165) is 0 Å². The van der Waals surface area contributed by atoms with Crippen molar-refractivity contribution in [3.8, 4) is 5.75 Å². The zero-order valence-electron chi connectivity index (χ0n) is 24.8. The number of carbonyl (C=O) groups is 1. The van der Waals surface area contributed by atoms with Crippen LogP contribution in [-0.4, -0.2) is 145 Å². The Morgan fingerprint density at radius 2 is 1.12 bits per heavy atom. The molecule has 3 heterocycles. The fourth-order valence-corrected chi connectivity index (χ4v) is 5.35. The summed E-state index contributed by atoms with van der Waals surface area (Å²) in [6, 6.07) is 6.12. The predicted octanol–water partition coefficient (Wildman–Crippen LogP) is -1.31. The van der Waals surface area contributed by atoms with Gasteiger partial charge in [-0.1, -0.05) is 0 Å². The van der Waals surface area contributed by atoms with Crippen LogP contribution in [0, 0.1) is 0 Å². The van der Waals surface area contributed by atoms with Crippen LogP contribution >= 0.6 is 0 Å². The van der Waals surface area contributed by atoms with Crippen LogP contribution in [0.3, 0.4) is 0 Å². The lowest BCUT2D eigenvalue weighted by Gasteiger charge is -2.48. The summed E-state index contributed by atoms with van der Waals surface area (Å²) in [4.78, 5) is 11.8. The van der Waals surface area contributed by atoms with Crippen LogP contribution in [0.15, 0.2) is 24.3 Å². The number of methoxy groups -OCH3 is 3. The standard InChI is InChI=1S/C28H42O15/c1-11-16(29)19(32)23(35-4)27(39-11)42-21-17(30)12(2)38-26(20(21)33)43-22-18(31)13(3)40-28(24(22)36-5)41-15-9-7-14(8-10-15)25(34)37-6/h7-13,16-24,26-33H,1-6H3/t11-,12-,13-,16+,17-,18-,19+,20+,21+,22+,23-,24+,26-,27-,28-/m0/s1. The monoisotopic (exact) mass is 618 g/mol. The van der Waals surface area contributed by atoms with Crippen LogP contribution < -0.4 is 4.74 Å². The highest BCUT2D eigenvalue weighted by molar-refractivity contribution is 5.89. The Hall–Kier alpha value is -1.99. The van der Waals surface area contributed by atoms with Crippen molar-refractivity contribution >= 4 is 5.97 Å². The highest BCUT2D eigenvalue weighted by Gasteiger charge is 2.53. The highest BCUT2D eigenvalue weighted by Crippen LogP contribution is 2.34. The number of rotatable bonds is 9. The topological polar surface area (TPSA) is 201 Å². The Labute approximate surface area is 249 Å². The Bertz CT molecular complexity index is 1040. The third-order valence-corrected chi connectivity index (χ3v) is 7.98. The molecule has 15 heteroatoms. The first kappa shape index (κ1) is 33.9. The van der Waals surface area contributed by atoms with Crippen molar-refractivity contribution in [2.24, 2.45) is 0 Å². The van der Waals surface area contributed by atoms with Gasteiger partial charge in [0.1, 0.15) is 60.7 Å². The second-order valence-electron chi connectivity index (χ2n) is 10.8. The number of aliphatic hydroxyl groups is 5. The van der Waals surface area contributed by atoms with E-state index in [0.29, 0.717) is 11.3 Å². The molecule has 15 atom stereocenters. The van der Waals surface area contributed by atoms with Crippen LogP contribution in [0.1, 0.15) is 31.1 Å². The first-order chi connectivity index (χ1) is 20.4. The predicted molar refractivity (Wildman–Crippen MR) is 143 cm³/mol. The average molecular weight is 619 g/mol. The van der Waals surface area contributed by atoms with E-state index >= 15 is 0 Å². The van der Waals surface area contributed by atoms with Crippen molar-refractivity contribution in [2.75, 3.05) is 21.3 Å². The maximum Gasteiger partial charge on any atom is 0.337 e. The third-order valence-electron chi connectivity index (χ3n) is 7.98. The van der Waals surface area contributed by atoms with Gasteiger partial charge in [-0.05, 0) is 45.0 Å². The molecule has 0 aromatic heterocycles. The minimum absolute atomic E-state index is 0.319. The molecule has 3 aliphatic rings. The molecule has 15 nitrogen and oxygen atoms in total. The third kappa shape index (κ3) is 7.13. The van der Waals surface area contributed by atoms with Gasteiger partial charge < -0.3 is 68.2 Å². The molecule has 4 rings (SSSR count). The highest BCUT2D eigenvalue weighted by atomic mass is 16.8. The maximum atomic E-state index is 11.8. The molecule has 1 aromatic rings. The SMILES string of the molecule is COC(=O)c1ccc(O[C@@H]2O[C@@H](C)[C@H](O)[C@@H](O[C@@H]3O[C@@H](C)[C@H](O)[C@@H](O[C@@H]4O[C@@H](C)[C@@H](O)[C@@H](O)[C@@H]4OC)[C@H]3O)[C@H]2OC)cc1. The molecule has 3 fully saturated rings. The Morgan fingerprint density at radius 3 is 1.70 bits per heavy atom. The second-order valence-corrected chi connectivity index (χ2v) is 10.8. The van der Waals surface area contributed by atoms with Gasteiger partial charge in [0.05, 0.1) is 31.0 Å². The summed E-state index contributed by atoms with van der Waals surface area (Å²) in [5.74, 6) is -0.174. The summed E-state index contributed by atoms with van der Waals surface area (Å²) in [6.45, 7) is 4.68. The van der Waals surface area contributed by atoms with E-state index in [1.807, 2.05) is 0 Å². The molecule has 3 aliphatic heterocycles. The van der Waals surface area contributed by atoms with Crippen molar-refractivity contribution < 1.29 is 73.0 Å². The number of ether oxygens (including phenoxy) is 9. The molecule has 43 heavy (non-hydrogen) atoms. The number of esters is 1.